The van der Waals surface area contributed by atoms with Gasteiger partial charge < -0.3 is 81.3 Å². The van der Waals surface area contributed by atoms with Crippen molar-refractivity contribution in [3.63, 3.8) is 0 Å². The first-order valence-electron chi connectivity index (χ1n) is 46.6. The van der Waals surface area contributed by atoms with Gasteiger partial charge in [-0.2, -0.15) is 0 Å². The van der Waals surface area contributed by atoms with Crippen molar-refractivity contribution in [2.24, 2.45) is 92.8 Å². The average molecular weight is 1980 g/mol. The van der Waals surface area contributed by atoms with Crippen molar-refractivity contribution >= 4 is 126 Å². The zero-order chi connectivity index (χ0) is 93.9. The van der Waals surface area contributed by atoms with Gasteiger partial charge in [0, 0.05) is 207 Å². The molecule has 41 heteroatoms. The van der Waals surface area contributed by atoms with Gasteiger partial charge in [-0.15, -0.1) is 0 Å². The Morgan fingerprint density at radius 3 is 0.955 bits per heavy atom. The second-order valence-electron chi connectivity index (χ2n) is 38.1. The van der Waals surface area contributed by atoms with Crippen molar-refractivity contribution in [3.05, 3.63) is 182 Å². The van der Waals surface area contributed by atoms with Crippen LogP contribution in [0.15, 0.2) is 92.7 Å². The number of fused-ring (bicyclic) bond motifs is 4. The minimum Gasteiger partial charge on any atom is -0.378 e. The molecule has 9 N–H and O–H groups in total. The summed E-state index contributed by atoms with van der Waals surface area (Å²) in [6.07, 6.45) is 16.8. The fourth-order valence-electron chi connectivity index (χ4n) is 22.2. The predicted molar refractivity (Wildman–Crippen MR) is 523 cm³/mol. The molecule has 0 bridgehead atoms. The summed E-state index contributed by atoms with van der Waals surface area (Å²) in [4.78, 5) is 123. The highest BCUT2D eigenvalue weighted by atomic mass is 79.9. The second kappa shape index (κ2) is 37.5. The Morgan fingerprint density at radius 1 is 0.381 bits per heavy atom. The fraction of sp³-hybridized carbons (Fsp3) is 0.570. The number of piperidine rings is 4. The molecule has 0 unspecified atom stereocenters. The third-order valence-electron chi connectivity index (χ3n) is 30.9. The topological polar surface area (TPSA) is 422 Å². The molecular formula is C93H116BrCl4N27O9. The first-order chi connectivity index (χ1) is 64.5. The lowest BCUT2D eigenvalue weighted by molar-refractivity contribution is 0.0972. The lowest BCUT2D eigenvalue weighted by Gasteiger charge is -2.41. The molecule has 10 saturated heterocycles. The standard InChI is InChI=1S/C25H32ClN7O3.C25H32ClN7O2.C22H28ClN7O2.C21H24BrClN6O2/c1-15-21(27)25(14-36-15)4-7-33(8-5-25)24-30-17-13-29-20(18(17)23(34)31(24)2)16-3-6-28-22(19(16)26)32-9-11-35-12-10-32;1-15-21(27)25(14-35-15)6-11-33(12-7-25)24-30-17-13-29-20(18(17)23(34)31(24)2)16-5-8-28-22(19(16)26)32-9-3-4-10-32;1-12-18(24)22(11-32-12)5-8-30(9-6-22)21-28-14-10-27-17(15(14)20(31)29(21)3)13-4-7-26-19(25-2)16(13)23;1-11-17(24)21(10-31-11)4-7-29(8-5-21)20-27-13-9-26-16(14(13)19(30)28(20)2)12-3-6-25-18(23)15(12)22/h3,6,15,21H,4-5,7-14,27H2,1-2H3;5,8,15,21H,3-4,6-7,9-14,27H2,1-2H3;4,7,12,18H,5-6,8-11,24H2,1-3H3,(H,25,26);3,6,11,17H,4-5,7-10,24H2,1-2H3/t2*15-,21+;12-,18+;11-,17+/m0000/s1. The van der Waals surface area contributed by atoms with Crippen LogP contribution in [0.3, 0.4) is 0 Å². The number of nitrogens with two attached hydrogens (primary N) is 4. The number of hydrogen-bond acceptors (Lipinski definition) is 32. The van der Waals surface area contributed by atoms with Gasteiger partial charge in [-0.3, -0.25) is 57.4 Å². The van der Waals surface area contributed by atoms with Crippen molar-refractivity contribution in [1.29, 1.82) is 0 Å². The summed E-state index contributed by atoms with van der Waals surface area (Å²) in [5, 5.41) is 4.80. The molecule has 134 heavy (non-hydrogen) atoms. The number of rotatable bonds is 11. The summed E-state index contributed by atoms with van der Waals surface area (Å²) in [7, 11) is 8.87. The van der Waals surface area contributed by atoms with E-state index in [2.05, 4.69) is 87.5 Å². The molecule has 36 nitrogen and oxygen atoms in total. The maximum atomic E-state index is 13.6. The van der Waals surface area contributed by atoms with Crippen LogP contribution in [0.4, 0.5) is 41.2 Å². The molecule has 22 heterocycles. The number of pyridine rings is 4. The zero-order valence-electron chi connectivity index (χ0n) is 77.1. The molecule has 0 saturated carbocycles. The summed E-state index contributed by atoms with van der Waals surface area (Å²) in [5.74, 6) is 4.75. The first kappa shape index (κ1) is 93.7. The van der Waals surface area contributed by atoms with Gasteiger partial charge in [0.15, 0.2) is 0 Å². The molecule has 0 aromatic carbocycles. The first-order valence-corrected chi connectivity index (χ1v) is 48.9. The van der Waals surface area contributed by atoms with Crippen LogP contribution in [0.1, 0.15) is 159 Å². The van der Waals surface area contributed by atoms with Crippen LogP contribution in [-0.2, 0) is 78.1 Å². The van der Waals surface area contributed by atoms with E-state index in [0.29, 0.717) is 205 Å². The number of ether oxygens (including phenoxy) is 5. The summed E-state index contributed by atoms with van der Waals surface area (Å²) < 4.78 is 36.0. The molecular weight excluding hydrogens is 1860 g/mol. The van der Waals surface area contributed by atoms with Crippen LogP contribution >= 0.6 is 62.3 Å². The van der Waals surface area contributed by atoms with Crippen LogP contribution in [0, 0.1) is 21.7 Å². The summed E-state index contributed by atoms with van der Waals surface area (Å²) in [5.41, 5.74) is 35.7. The monoisotopic (exact) mass is 1970 g/mol. The van der Waals surface area contributed by atoms with E-state index in [0.717, 1.165) is 160 Å². The molecule has 4 spiro atoms. The molecule has 14 aliphatic rings. The van der Waals surface area contributed by atoms with Gasteiger partial charge in [0.1, 0.15) is 22.6 Å². The number of aromatic nitrogens is 12. The van der Waals surface area contributed by atoms with Crippen molar-refractivity contribution in [2.45, 2.75) is 167 Å². The molecule has 0 aliphatic carbocycles. The van der Waals surface area contributed by atoms with Crippen molar-refractivity contribution in [1.82, 2.24) is 58.1 Å². The van der Waals surface area contributed by atoms with E-state index >= 15 is 0 Å². The largest absolute Gasteiger partial charge is 0.378 e. The molecule has 22 rings (SSSR count). The third kappa shape index (κ3) is 16.5. The Bertz CT molecular complexity index is 6300. The summed E-state index contributed by atoms with van der Waals surface area (Å²) in [6, 6.07) is 7.44. The maximum Gasteiger partial charge on any atom is 0.264 e. The number of aliphatic imine (C=N–C) groups is 4. The van der Waals surface area contributed by atoms with Gasteiger partial charge in [-0.05, 0) is 132 Å². The van der Waals surface area contributed by atoms with Gasteiger partial charge in [-0.1, -0.05) is 46.4 Å². The minimum atomic E-state index is -0.116. The SMILES string of the molecule is CNc1nccc(C2=NCc3nc(N4CCC5(CC4)CO[C@@H](C)[C@H]5N)n(C)c(=O)c32)c1Cl.C[C@@H]1OCC2(CCN(c3nc4c(c(=O)n3C)C(c3ccnc(Cl)c3Br)=NC4)CC2)[C@@H]1N.C[C@@H]1OCC2(CCN(c3nc4c(c(=O)n3C)C(c3ccnc(N5CCCC5)c3Cl)=NC4)CC2)[C@@H]1N.C[C@@H]1OCC2(CCN(c3nc4c(c(=O)n3C)C(c3ccnc(N5CCOCC5)c3Cl)=NC4)CC2)[C@@H]1N. The van der Waals surface area contributed by atoms with Gasteiger partial charge >= 0.3 is 0 Å². The molecule has 8 aromatic heterocycles. The van der Waals surface area contributed by atoms with E-state index in [-0.39, 0.29) is 92.5 Å². The van der Waals surface area contributed by atoms with E-state index in [4.69, 9.17) is 123 Å². The lowest BCUT2D eigenvalue weighted by atomic mass is 9.73. The number of morpholine rings is 1. The normalized spacial score (nSPS) is 24.9. The van der Waals surface area contributed by atoms with Crippen molar-refractivity contribution in [3.8, 4) is 0 Å². The molecule has 0 amide bonds. The van der Waals surface area contributed by atoms with Gasteiger partial charge in [0.05, 0.1) is 178 Å². The predicted octanol–water partition coefficient (Wildman–Crippen LogP) is 7.29. The molecule has 8 aromatic rings. The Morgan fingerprint density at radius 2 is 0.657 bits per heavy atom. The highest BCUT2D eigenvalue weighted by molar-refractivity contribution is 9.10. The lowest BCUT2D eigenvalue weighted by Crippen LogP contribution is -2.51. The van der Waals surface area contributed by atoms with Crippen molar-refractivity contribution in [2.75, 3.05) is 160 Å². The highest BCUT2D eigenvalue weighted by Gasteiger charge is 2.53. The smallest absolute Gasteiger partial charge is 0.264 e. The van der Waals surface area contributed by atoms with Crippen LogP contribution in [0.2, 0.25) is 20.2 Å². The molecule has 0 radical (unpaired) electrons. The quantitative estimate of drug-likeness (QED) is 0.0793. The van der Waals surface area contributed by atoms with Gasteiger partial charge in [0.2, 0.25) is 23.8 Å². The van der Waals surface area contributed by atoms with E-state index in [1.165, 1.54) is 0 Å². The van der Waals surface area contributed by atoms with Crippen LogP contribution < -0.4 is 79.9 Å². The van der Waals surface area contributed by atoms with E-state index in [1.54, 1.807) is 90.4 Å². The van der Waals surface area contributed by atoms with Gasteiger partial charge in [0.25, 0.3) is 22.2 Å². The molecule has 712 valence electrons. The highest BCUT2D eigenvalue weighted by Crippen LogP contribution is 2.48. The Labute approximate surface area is 804 Å². The third-order valence-corrected chi connectivity index (χ3v) is 33.3. The van der Waals surface area contributed by atoms with E-state index in [1.807, 2.05) is 32.9 Å². The number of halogens is 5. The van der Waals surface area contributed by atoms with Crippen LogP contribution in [0.25, 0.3) is 0 Å². The molecule has 8 atom stereocenters. The summed E-state index contributed by atoms with van der Waals surface area (Å²) >= 11 is 29.8. The minimum absolute atomic E-state index is 0.0120. The maximum absolute atomic E-state index is 13.6. The average Bonchev–Trinajstić information content (AvgIpc) is 1.60. The Kier molecular flexibility index (Phi) is 26.2. The summed E-state index contributed by atoms with van der Waals surface area (Å²) in [6.45, 7) is 23.4. The molecule has 14 aliphatic heterocycles. The number of anilines is 7. The van der Waals surface area contributed by atoms with Crippen molar-refractivity contribution < 1.29 is 23.7 Å². The Balaban J connectivity index is 0.000000115. The van der Waals surface area contributed by atoms with E-state index in [9.17, 15) is 19.2 Å². The molecule has 10 fully saturated rings. The second-order valence-corrected chi connectivity index (χ2v) is 40.4. The number of hydrogen-bond donors (Lipinski definition) is 5. The van der Waals surface area contributed by atoms with E-state index < -0.39 is 0 Å². The van der Waals surface area contributed by atoms with Crippen LogP contribution in [0.5, 0.6) is 0 Å². The van der Waals surface area contributed by atoms with Gasteiger partial charge in [-0.25, -0.2) is 39.9 Å². The zero-order valence-corrected chi connectivity index (χ0v) is 81.7. The van der Waals surface area contributed by atoms with Crippen LogP contribution in [-0.4, -0.2) is 255 Å². The number of nitrogens with one attached hydrogen (secondary N) is 1. The number of nitrogens with zero attached hydrogens (tertiary/aromatic N) is 22. The Hall–Kier alpha value is -9.32. The fourth-order valence-corrected chi connectivity index (χ4v) is 23.7.